The summed E-state index contributed by atoms with van der Waals surface area (Å²) in [6, 6.07) is 8.22. The first kappa shape index (κ1) is 22.3. The average molecular weight is 454 g/mol. The molecule has 164 valence electrons. The minimum Gasteiger partial charge on any atom is -0.493 e. The van der Waals surface area contributed by atoms with Gasteiger partial charge in [-0.1, -0.05) is 0 Å². The molecular formula is C19H17F3N4O4S. The molecule has 3 rings (SSSR count). The van der Waals surface area contributed by atoms with Crippen molar-refractivity contribution in [3.05, 3.63) is 64.8 Å². The maximum absolute atomic E-state index is 12.7. The summed E-state index contributed by atoms with van der Waals surface area (Å²) in [6.07, 6.45) is 1.98. The second-order valence-electron chi connectivity index (χ2n) is 6.17. The summed E-state index contributed by atoms with van der Waals surface area (Å²) in [5, 5.41) is 12.7. The van der Waals surface area contributed by atoms with Crippen LogP contribution in [0, 0.1) is 0 Å². The number of hydrogen-bond acceptors (Lipinski definition) is 6. The predicted molar refractivity (Wildman–Crippen MR) is 108 cm³/mol. The summed E-state index contributed by atoms with van der Waals surface area (Å²) in [5.74, 6) is -0.148. The third kappa shape index (κ3) is 5.81. The second kappa shape index (κ2) is 9.16. The highest BCUT2D eigenvalue weighted by atomic mass is 32.2. The van der Waals surface area contributed by atoms with E-state index >= 15 is 0 Å². The van der Waals surface area contributed by atoms with Crippen molar-refractivity contribution in [2.45, 2.75) is 23.9 Å². The topological polar surface area (TPSA) is 98.4 Å². The molecule has 2 aromatic heterocycles. The molecule has 0 fully saturated rings. The van der Waals surface area contributed by atoms with Gasteiger partial charge in [-0.25, -0.2) is 19.1 Å². The number of aromatic hydroxyl groups is 1. The zero-order valence-corrected chi connectivity index (χ0v) is 16.9. The molecule has 31 heavy (non-hydrogen) atoms. The van der Waals surface area contributed by atoms with Crippen molar-refractivity contribution in [1.82, 2.24) is 14.1 Å². The van der Waals surface area contributed by atoms with Crippen molar-refractivity contribution < 1.29 is 27.8 Å². The molecule has 2 N–H and O–H groups in total. The number of imidazole rings is 1. The van der Waals surface area contributed by atoms with Gasteiger partial charge in [-0.05, 0) is 60.6 Å². The number of amides is 1. The Labute approximate surface area is 178 Å². The predicted octanol–water partition coefficient (Wildman–Crippen LogP) is 3.97. The van der Waals surface area contributed by atoms with E-state index in [-0.39, 0.29) is 47.2 Å². The molecule has 8 nitrogen and oxygen atoms in total. The van der Waals surface area contributed by atoms with E-state index in [0.717, 1.165) is 4.57 Å². The van der Waals surface area contributed by atoms with Crippen LogP contribution in [0.2, 0.25) is 0 Å². The number of nitrogens with one attached hydrogen (secondary N) is 1. The normalized spacial score (nSPS) is 11.4. The van der Waals surface area contributed by atoms with Crippen molar-refractivity contribution >= 4 is 23.7 Å². The molecule has 1 aromatic carbocycles. The Morgan fingerprint density at radius 1 is 1.26 bits per heavy atom. The fourth-order valence-corrected chi connectivity index (χ4v) is 3.28. The Balaban J connectivity index is 1.81. The van der Waals surface area contributed by atoms with E-state index in [0.29, 0.717) is 5.56 Å². The largest absolute Gasteiger partial charge is 0.493 e. The van der Waals surface area contributed by atoms with Crippen LogP contribution < -0.4 is 11.0 Å². The molecule has 0 aliphatic carbocycles. The van der Waals surface area contributed by atoms with Gasteiger partial charge in [-0.2, -0.15) is 13.2 Å². The third-order valence-corrected chi connectivity index (χ3v) is 4.69. The fourth-order valence-electron chi connectivity index (χ4n) is 2.74. The Morgan fingerprint density at radius 2 is 1.97 bits per heavy atom. The van der Waals surface area contributed by atoms with Gasteiger partial charge in [-0.3, -0.25) is 9.88 Å². The van der Waals surface area contributed by atoms with Gasteiger partial charge >= 0.3 is 17.3 Å². The molecule has 2 heterocycles. The molecule has 0 spiro atoms. The van der Waals surface area contributed by atoms with Gasteiger partial charge in [0.1, 0.15) is 5.82 Å². The molecule has 12 heteroatoms. The molecular weight excluding hydrogens is 437 g/mol. The molecule has 0 saturated carbocycles. The van der Waals surface area contributed by atoms with Gasteiger partial charge in [0.05, 0.1) is 25.0 Å². The van der Waals surface area contributed by atoms with Crippen LogP contribution in [0.3, 0.4) is 0 Å². The van der Waals surface area contributed by atoms with Gasteiger partial charge in [0.25, 0.3) is 0 Å². The van der Waals surface area contributed by atoms with E-state index in [4.69, 9.17) is 4.74 Å². The second-order valence-corrected chi connectivity index (χ2v) is 7.31. The maximum atomic E-state index is 12.7. The number of rotatable bonds is 6. The number of carbonyl (C=O) groups is 1. The Hall–Kier alpha value is -3.41. The van der Waals surface area contributed by atoms with Crippen LogP contribution in [0.4, 0.5) is 23.8 Å². The minimum atomic E-state index is -4.42. The van der Waals surface area contributed by atoms with Crippen LogP contribution in [0.1, 0.15) is 12.5 Å². The van der Waals surface area contributed by atoms with Crippen LogP contribution in [-0.2, 0) is 11.3 Å². The lowest BCUT2D eigenvalue weighted by Crippen LogP contribution is -2.23. The number of alkyl halides is 3. The SMILES string of the molecule is CCOC(=O)Nc1cc(Cn2cc(O)n(-c3ccc(SC(F)(F)F)cc3)c2=O)ccn1. The van der Waals surface area contributed by atoms with Crippen LogP contribution in [0.5, 0.6) is 5.88 Å². The van der Waals surface area contributed by atoms with Crippen LogP contribution in [0.15, 0.2) is 58.5 Å². The van der Waals surface area contributed by atoms with Crippen molar-refractivity contribution in [3.63, 3.8) is 0 Å². The van der Waals surface area contributed by atoms with Crippen molar-refractivity contribution in [1.29, 1.82) is 0 Å². The van der Waals surface area contributed by atoms with Crippen LogP contribution in [0.25, 0.3) is 5.69 Å². The monoisotopic (exact) mass is 454 g/mol. The molecule has 0 atom stereocenters. The quantitative estimate of drug-likeness (QED) is 0.547. The summed E-state index contributed by atoms with van der Waals surface area (Å²) < 4.78 is 44.4. The van der Waals surface area contributed by atoms with Gasteiger partial charge in [0, 0.05) is 11.1 Å². The first-order valence-corrected chi connectivity index (χ1v) is 9.74. The zero-order chi connectivity index (χ0) is 22.6. The van der Waals surface area contributed by atoms with Gasteiger partial charge in [0.2, 0.25) is 5.88 Å². The number of anilines is 1. The summed E-state index contributed by atoms with van der Waals surface area (Å²) in [5.41, 5.74) is -4.19. The minimum absolute atomic E-state index is 0.0402. The maximum Gasteiger partial charge on any atom is 0.446 e. The van der Waals surface area contributed by atoms with Gasteiger partial charge < -0.3 is 9.84 Å². The number of benzene rings is 1. The summed E-state index contributed by atoms with van der Waals surface area (Å²) in [6.45, 7) is 1.92. The number of carbonyl (C=O) groups excluding carboxylic acids is 1. The molecule has 0 unspecified atom stereocenters. The lowest BCUT2D eigenvalue weighted by Gasteiger charge is -2.08. The van der Waals surface area contributed by atoms with Crippen molar-refractivity contribution in [2.75, 3.05) is 11.9 Å². The molecule has 0 saturated heterocycles. The van der Waals surface area contributed by atoms with Crippen molar-refractivity contribution in [3.8, 4) is 11.6 Å². The number of aromatic nitrogens is 3. The number of pyridine rings is 1. The standard InChI is InChI=1S/C19H17F3N4O4S/c1-2-30-17(28)24-15-9-12(7-8-23-15)10-25-11-16(27)26(18(25)29)13-3-5-14(6-4-13)31-19(20,21)22/h3-9,11,27H,2,10H2,1H3,(H,23,24,28). The summed E-state index contributed by atoms with van der Waals surface area (Å²) >= 11 is -0.271. The molecule has 0 aliphatic rings. The van der Waals surface area contributed by atoms with E-state index in [1.807, 2.05) is 0 Å². The molecule has 0 aliphatic heterocycles. The highest BCUT2D eigenvalue weighted by Gasteiger charge is 2.29. The summed E-state index contributed by atoms with van der Waals surface area (Å²) in [7, 11) is 0. The highest BCUT2D eigenvalue weighted by Crippen LogP contribution is 2.37. The Morgan fingerprint density at radius 3 is 2.61 bits per heavy atom. The number of nitrogens with zero attached hydrogens (tertiary/aromatic N) is 3. The highest BCUT2D eigenvalue weighted by molar-refractivity contribution is 8.00. The van der Waals surface area contributed by atoms with Gasteiger partial charge in [-0.15, -0.1) is 0 Å². The zero-order valence-electron chi connectivity index (χ0n) is 16.1. The van der Waals surface area contributed by atoms with E-state index in [2.05, 4.69) is 10.3 Å². The number of thioether (sulfide) groups is 1. The first-order chi connectivity index (χ1) is 14.7. The van der Waals surface area contributed by atoms with E-state index in [1.54, 1.807) is 19.1 Å². The summed E-state index contributed by atoms with van der Waals surface area (Å²) in [4.78, 5) is 28.2. The van der Waals surface area contributed by atoms with Gasteiger partial charge in [0.15, 0.2) is 0 Å². The van der Waals surface area contributed by atoms with E-state index < -0.39 is 17.3 Å². The number of ether oxygens (including phenoxy) is 1. The van der Waals surface area contributed by atoms with Crippen LogP contribution in [-0.4, -0.2) is 37.4 Å². The van der Waals surface area contributed by atoms with Crippen molar-refractivity contribution in [2.24, 2.45) is 0 Å². The number of halogens is 3. The first-order valence-electron chi connectivity index (χ1n) is 8.92. The average Bonchev–Trinajstić information content (AvgIpc) is 2.95. The molecule has 0 bridgehead atoms. The van der Waals surface area contributed by atoms with E-state index in [9.17, 15) is 27.9 Å². The van der Waals surface area contributed by atoms with Crippen LogP contribution >= 0.6 is 11.8 Å². The number of hydrogen-bond donors (Lipinski definition) is 2. The Bertz CT molecular complexity index is 1130. The fraction of sp³-hybridized carbons (Fsp3) is 0.211. The smallest absolute Gasteiger partial charge is 0.446 e. The molecule has 0 radical (unpaired) electrons. The van der Waals surface area contributed by atoms with E-state index in [1.165, 1.54) is 41.2 Å². The lowest BCUT2D eigenvalue weighted by molar-refractivity contribution is -0.0328. The molecule has 3 aromatic rings. The third-order valence-electron chi connectivity index (χ3n) is 3.95. The Kier molecular flexibility index (Phi) is 6.59. The lowest BCUT2D eigenvalue weighted by atomic mass is 10.2. The molecule has 1 amide bonds.